The van der Waals surface area contributed by atoms with E-state index in [-0.39, 0.29) is 5.75 Å². The number of hydrogen-bond acceptors (Lipinski definition) is 2. The number of aromatic hydroxyl groups is 1. The van der Waals surface area contributed by atoms with Gasteiger partial charge in [-0.1, -0.05) is 41.4 Å². The van der Waals surface area contributed by atoms with E-state index in [4.69, 9.17) is 23.2 Å². The highest BCUT2D eigenvalue weighted by atomic mass is 35.5. The van der Waals surface area contributed by atoms with Crippen molar-refractivity contribution in [2.24, 2.45) is 0 Å². The van der Waals surface area contributed by atoms with Gasteiger partial charge in [0.05, 0.1) is 6.10 Å². The summed E-state index contributed by atoms with van der Waals surface area (Å²) in [5, 5.41) is 20.4. The van der Waals surface area contributed by atoms with Gasteiger partial charge in [-0.05, 0) is 41.8 Å². The van der Waals surface area contributed by atoms with Gasteiger partial charge in [0.15, 0.2) is 0 Å². The molecule has 0 heterocycles. The summed E-state index contributed by atoms with van der Waals surface area (Å²) in [5.74, 6) is 0.215. The van der Waals surface area contributed by atoms with Gasteiger partial charge in [0.25, 0.3) is 0 Å². The van der Waals surface area contributed by atoms with Crippen molar-refractivity contribution in [2.75, 3.05) is 0 Å². The quantitative estimate of drug-likeness (QED) is 0.900. The van der Waals surface area contributed by atoms with Gasteiger partial charge in [-0.25, -0.2) is 0 Å². The molecule has 2 nitrogen and oxygen atoms in total. The molecule has 4 heteroatoms. The van der Waals surface area contributed by atoms with E-state index in [1.807, 2.05) is 0 Å². The molecule has 100 valence electrons. The number of aliphatic hydroxyl groups excluding tert-OH is 1. The molecule has 2 aromatic carbocycles. The standard InChI is InChI=1S/C15H14Cl2O2/c16-14-2-1-3-15(17)13(14)9-12(19)8-10-4-6-11(18)7-5-10/h1-7,12,18-19H,8-9H2. The first kappa shape index (κ1) is 14.2. The summed E-state index contributed by atoms with van der Waals surface area (Å²) in [6, 6.07) is 12.1. The van der Waals surface area contributed by atoms with Crippen LogP contribution >= 0.6 is 23.2 Å². The molecular weight excluding hydrogens is 283 g/mol. The van der Waals surface area contributed by atoms with Gasteiger partial charge in [-0.3, -0.25) is 0 Å². The van der Waals surface area contributed by atoms with Crippen molar-refractivity contribution in [3.05, 3.63) is 63.6 Å². The van der Waals surface area contributed by atoms with Crippen molar-refractivity contribution in [3.63, 3.8) is 0 Å². The van der Waals surface area contributed by atoms with Gasteiger partial charge in [-0.15, -0.1) is 0 Å². The summed E-state index contributed by atoms with van der Waals surface area (Å²) in [5.41, 5.74) is 1.71. The minimum absolute atomic E-state index is 0.215. The van der Waals surface area contributed by atoms with E-state index < -0.39 is 6.10 Å². The van der Waals surface area contributed by atoms with Crippen LogP contribution in [0.4, 0.5) is 0 Å². The molecule has 0 bridgehead atoms. The highest BCUT2D eigenvalue weighted by Gasteiger charge is 2.12. The van der Waals surface area contributed by atoms with Gasteiger partial charge in [0.2, 0.25) is 0 Å². The summed E-state index contributed by atoms with van der Waals surface area (Å²) in [6.07, 6.45) is 0.322. The first-order chi connectivity index (χ1) is 9.06. The highest BCUT2D eigenvalue weighted by Crippen LogP contribution is 2.26. The molecule has 2 aromatic rings. The lowest BCUT2D eigenvalue weighted by Crippen LogP contribution is -2.14. The zero-order valence-corrected chi connectivity index (χ0v) is 11.7. The van der Waals surface area contributed by atoms with Crippen LogP contribution in [-0.4, -0.2) is 16.3 Å². The Morgan fingerprint density at radius 1 is 0.895 bits per heavy atom. The van der Waals surface area contributed by atoms with E-state index in [0.717, 1.165) is 11.1 Å². The molecule has 0 aromatic heterocycles. The molecule has 2 rings (SSSR count). The third kappa shape index (κ3) is 3.87. The maximum atomic E-state index is 10.1. The average Bonchev–Trinajstić information content (AvgIpc) is 2.37. The Bertz CT molecular complexity index is 532. The van der Waals surface area contributed by atoms with E-state index >= 15 is 0 Å². The summed E-state index contributed by atoms with van der Waals surface area (Å²) < 4.78 is 0. The van der Waals surface area contributed by atoms with E-state index in [2.05, 4.69) is 0 Å². The number of hydrogen-bond donors (Lipinski definition) is 2. The fraction of sp³-hybridized carbons (Fsp3) is 0.200. The van der Waals surface area contributed by atoms with Crippen LogP contribution in [0.2, 0.25) is 10.0 Å². The maximum absolute atomic E-state index is 10.1. The minimum atomic E-state index is -0.568. The number of phenols is 1. The molecule has 1 unspecified atom stereocenters. The lowest BCUT2D eigenvalue weighted by molar-refractivity contribution is 0.175. The monoisotopic (exact) mass is 296 g/mol. The fourth-order valence-electron chi connectivity index (χ4n) is 1.94. The van der Waals surface area contributed by atoms with E-state index in [1.54, 1.807) is 42.5 Å². The van der Waals surface area contributed by atoms with Crippen LogP contribution in [0, 0.1) is 0 Å². The number of rotatable bonds is 4. The van der Waals surface area contributed by atoms with Gasteiger partial charge in [0, 0.05) is 16.5 Å². The van der Waals surface area contributed by atoms with Gasteiger partial charge in [-0.2, -0.15) is 0 Å². The fourth-order valence-corrected chi connectivity index (χ4v) is 2.49. The third-order valence-electron chi connectivity index (χ3n) is 2.91. The Balaban J connectivity index is 2.05. The molecule has 0 aliphatic carbocycles. The van der Waals surface area contributed by atoms with E-state index in [1.165, 1.54) is 0 Å². The lowest BCUT2D eigenvalue weighted by atomic mass is 10.0. The zero-order chi connectivity index (χ0) is 13.8. The Labute approximate surface area is 122 Å². The largest absolute Gasteiger partial charge is 0.508 e. The number of phenolic OH excluding ortho intramolecular Hbond substituents is 1. The predicted molar refractivity (Wildman–Crippen MR) is 78.0 cm³/mol. The van der Waals surface area contributed by atoms with Crippen molar-refractivity contribution < 1.29 is 10.2 Å². The first-order valence-electron chi connectivity index (χ1n) is 5.95. The van der Waals surface area contributed by atoms with Crippen LogP contribution in [0.5, 0.6) is 5.75 Å². The average molecular weight is 297 g/mol. The maximum Gasteiger partial charge on any atom is 0.115 e. The molecule has 1 atom stereocenters. The van der Waals surface area contributed by atoms with Crippen molar-refractivity contribution in [1.29, 1.82) is 0 Å². The van der Waals surface area contributed by atoms with Crippen molar-refractivity contribution in [2.45, 2.75) is 18.9 Å². The third-order valence-corrected chi connectivity index (χ3v) is 3.62. The number of benzene rings is 2. The Kier molecular flexibility index (Phi) is 4.70. The Morgan fingerprint density at radius 2 is 1.47 bits per heavy atom. The van der Waals surface area contributed by atoms with Crippen LogP contribution in [0.15, 0.2) is 42.5 Å². The smallest absolute Gasteiger partial charge is 0.115 e. The highest BCUT2D eigenvalue weighted by molar-refractivity contribution is 6.35. The van der Waals surface area contributed by atoms with Crippen LogP contribution < -0.4 is 0 Å². The molecule has 0 saturated carbocycles. The molecule has 0 saturated heterocycles. The van der Waals surface area contributed by atoms with Crippen LogP contribution in [-0.2, 0) is 12.8 Å². The van der Waals surface area contributed by atoms with Crippen LogP contribution in [0.25, 0.3) is 0 Å². The molecule has 19 heavy (non-hydrogen) atoms. The lowest BCUT2D eigenvalue weighted by Gasteiger charge is -2.13. The molecule has 0 radical (unpaired) electrons. The van der Waals surface area contributed by atoms with Gasteiger partial charge < -0.3 is 10.2 Å². The second-order valence-electron chi connectivity index (χ2n) is 4.43. The van der Waals surface area contributed by atoms with Crippen molar-refractivity contribution in [3.8, 4) is 5.75 Å². The summed E-state index contributed by atoms with van der Waals surface area (Å²) >= 11 is 12.1. The molecule has 0 aliphatic heterocycles. The Morgan fingerprint density at radius 3 is 2.05 bits per heavy atom. The predicted octanol–water partition coefficient (Wildman–Crippen LogP) is 3.85. The second kappa shape index (κ2) is 6.29. The molecule has 0 spiro atoms. The normalized spacial score (nSPS) is 12.4. The topological polar surface area (TPSA) is 40.5 Å². The van der Waals surface area contributed by atoms with Crippen molar-refractivity contribution >= 4 is 23.2 Å². The minimum Gasteiger partial charge on any atom is -0.508 e. The van der Waals surface area contributed by atoms with E-state index in [0.29, 0.717) is 22.9 Å². The van der Waals surface area contributed by atoms with Crippen LogP contribution in [0.3, 0.4) is 0 Å². The van der Waals surface area contributed by atoms with Gasteiger partial charge >= 0.3 is 0 Å². The second-order valence-corrected chi connectivity index (χ2v) is 5.24. The molecule has 0 amide bonds. The number of aliphatic hydroxyl groups is 1. The van der Waals surface area contributed by atoms with Crippen LogP contribution in [0.1, 0.15) is 11.1 Å². The molecule has 0 fully saturated rings. The number of halogens is 2. The van der Waals surface area contributed by atoms with Crippen molar-refractivity contribution in [1.82, 2.24) is 0 Å². The summed E-state index contributed by atoms with van der Waals surface area (Å²) in [6.45, 7) is 0. The first-order valence-corrected chi connectivity index (χ1v) is 6.70. The molecular formula is C15H14Cl2O2. The zero-order valence-electron chi connectivity index (χ0n) is 10.2. The summed E-state index contributed by atoms with van der Waals surface area (Å²) in [7, 11) is 0. The summed E-state index contributed by atoms with van der Waals surface area (Å²) in [4.78, 5) is 0. The SMILES string of the molecule is Oc1ccc(CC(O)Cc2c(Cl)cccc2Cl)cc1. The Hall–Kier alpha value is -1.22. The molecule has 2 N–H and O–H groups in total. The van der Waals surface area contributed by atoms with Gasteiger partial charge in [0.1, 0.15) is 5.75 Å². The van der Waals surface area contributed by atoms with E-state index in [9.17, 15) is 10.2 Å². The molecule has 0 aliphatic rings.